The molecule has 1 heterocycles. The highest BCUT2D eigenvalue weighted by molar-refractivity contribution is 6.37. The molecule has 0 saturated carbocycles. The zero-order valence-corrected chi connectivity index (χ0v) is 9.92. The molecule has 3 rings (SSSR count). The Labute approximate surface area is 104 Å². The highest BCUT2D eigenvalue weighted by atomic mass is 35.5. The van der Waals surface area contributed by atoms with Crippen molar-refractivity contribution >= 4 is 45.7 Å². The lowest BCUT2D eigenvalue weighted by Gasteiger charge is -2.04. The number of nitrogens with zero attached hydrogens (tertiary/aromatic N) is 1. The fourth-order valence-electron chi connectivity index (χ4n) is 1.87. The van der Waals surface area contributed by atoms with Gasteiger partial charge in [0.05, 0.1) is 5.52 Å². The number of aromatic nitrogens is 1. The van der Waals surface area contributed by atoms with E-state index in [1.54, 1.807) is 0 Å². The van der Waals surface area contributed by atoms with Crippen LogP contribution in [0.2, 0.25) is 5.02 Å². The van der Waals surface area contributed by atoms with Crippen LogP contribution in [0.4, 0.5) is 0 Å². The molecule has 0 amide bonds. The molecule has 3 heteroatoms. The first kappa shape index (κ1) is 11.2. The van der Waals surface area contributed by atoms with E-state index in [1.807, 2.05) is 42.6 Å². The third kappa shape index (κ3) is 1.62. The molecule has 1 nitrogen and oxygen atoms in total. The molecular formula is C13H9Cl2N. The number of fused-ring (bicyclic) bond motifs is 3. The summed E-state index contributed by atoms with van der Waals surface area (Å²) in [6, 6.07) is 14.0. The second-order valence-electron chi connectivity index (χ2n) is 3.48. The van der Waals surface area contributed by atoms with Crippen LogP contribution in [0.3, 0.4) is 0 Å². The summed E-state index contributed by atoms with van der Waals surface area (Å²) in [4.78, 5) is 4.39. The van der Waals surface area contributed by atoms with Gasteiger partial charge in [-0.3, -0.25) is 4.98 Å². The van der Waals surface area contributed by atoms with E-state index in [1.165, 1.54) is 0 Å². The maximum Gasteiger partial charge on any atom is 0.0781 e. The minimum atomic E-state index is 0. The van der Waals surface area contributed by atoms with E-state index in [4.69, 9.17) is 11.6 Å². The first-order chi connectivity index (χ1) is 7.36. The predicted octanol–water partition coefficient (Wildman–Crippen LogP) is 4.46. The lowest BCUT2D eigenvalue weighted by Crippen LogP contribution is -1.81. The fraction of sp³-hybridized carbons (Fsp3) is 0. The Bertz CT molecular complexity index is 650. The van der Waals surface area contributed by atoms with Gasteiger partial charge < -0.3 is 0 Å². The molecule has 0 aliphatic rings. The summed E-state index contributed by atoms with van der Waals surface area (Å²) in [5, 5.41) is 4.04. The average molecular weight is 250 g/mol. The van der Waals surface area contributed by atoms with Gasteiger partial charge in [-0.15, -0.1) is 12.4 Å². The molecule has 0 radical (unpaired) electrons. The van der Waals surface area contributed by atoms with Gasteiger partial charge >= 0.3 is 0 Å². The smallest absolute Gasteiger partial charge is 0.0781 e. The summed E-state index contributed by atoms with van der Waals surface area (Å²) in [5.41, 5.74) is 1.01. The minimum Gasteiger partial charge on any atom is -0.256 e. The first-order valence-corrected chi connectivity index (χ1v) is 5.16. The summed E-state index contributed by atoms with van der Waals surface area (Å²) in [7, 11) is 0. The Morgan fingerprint density at radius 1 is 0.938 bits per heavy atom. The number of pyridine rings is 1. The standard InChI is InChI=1S/C13H8ClN.ClH/c14-12-8-9-4-3-7-15-13(9)11-6-2-1-5-10(11)12;/h1-8H;1H. The zero-order chi connectivity index (χ0) is 10.3. The van der Waals surface area contributed by atoms with E-state index in [-0.39, 0.29) is 12.4 Å². The van der Waals surface area contributed by atoms with Crippen LogP contribution in [0.15, 0.2) is 48.7 Å². The highest BCUT2D eigenvalue weighted by Crippen LogP contribution is 2.29. The van der Waals surface area contributed by atoms with Crippen molar-refractivity contribution in [2.75, 3.05) is 0 Å². The Hall–Kier alpha value is -1.31. The van der Waals surface area contributed by atoms with Gasteiger partial charge in [0.15, 0.2) is 0 Å². The first-order valence-electron chi connectivity index (χ1n) is 4.78. The van der Waals surface area contributed by atoms with Crippen molar-refractivity contribution in [2.45, 2.75) is 0 Å². The molecule has 0 bridgehead atoms. The third-order valence-electron chi connectivity index (χ3n) is 2.56. The van der Waals surface area contributed by atoms with Gasteiger partial charge in [0.2, 0.25) is 0 Å². The second kappa shape index (κ2) is 4.28. The number of hydrogen-bond donors (Lipinski definition) is 0. The molecule has 0 spiro atoms. The predicted molar refractivity (Wildman–Crippen MR) is 71.5 cm³/mol. The molecule has 1 aromatic heterocycles. The van der Waals surface area contributed by atoms with Crippen molar-refractivity contribution in [1.82, 2.24) is 4.98 Å². The van der Waals surface area contributed by atoms with Crippen molar-refractivity contribution in [3.8, 4) is 0 Å². The van der Waals surface area contributed by atoms with E-state index < -0.39 is 0 Å². The molecule has 0 atom stereocenters. The third-order valence-corrected chi connectivity index (χ3v) is 2.87. The summed E-state index contributed by atoms with van der Waals surface area (Å²) in [6.45, 7) is 0. The molecule has 80 valence electrons. The summed E-state index contributed by atoms with van der Waals surface area (Å²) in [5.74, 6) is 0. The van der Waals surface area contributed by atoms with E-state index in [0.29, 0.717) is 0 Å². The Morgan fingerprint density at radius 3 is 2.50 bits per heavy atom. The normalized spacial score (nSPS) is 10.3. The van der Waals surface area contributed by atoms with Crippen molar-refractivity contribution in [3.05, 3.63) is 53.7 Å². The quantitative estimate of drug-likeness (QED) is 0.536. The van der Waals surface area contributed by atoms with Gasteiger partial charge in [-0.25, -0.2) is 0 Å². The molecule has 0 fully saturated rings. The van der Waals surface area contributed by atoms with E-state index in [0.717, 1.165) is 26.7 Å². The molecule has 0 aliphatic heterocycles. The minimum absolute atomic E-state index is 0. The van der Waals surface area contributed by atoms with Crippen molar-refractivity contribution in [3.63, 3.8) is 0 Å². The van der Waals surface area contributed by atoms with Crippen LogP contribution in [-0.4, -0.2) is 4.98 Å². The average Bonchev–Trinajstić information content (AvgIpc) is 2.30. The highest BCUT2D eigenvalue weighted by Gasteiger charge is 2.04. The van der Waals surface area contributed by atoms with Crippen LogP contribution in [0.25, 0.3) is 21.7 Å². The lowest BCUT2D eigenvalue weighted by atomic mass is 10.1. The molecule has 0 unspecified atom stereocenters. The largest absolute Gasteiger partial charge is 0.256 e. The topological polar surface area (TPSA) is 12.9 Å². The van der Waals surface area contributed by atoms with Crippen LogP contribution in [0.1, 0.15) is 0 Å². The van der Waals surface area contributed by atoms with Gasteiger partial charge in [-0.05, 0) is 12.1 Å². The molecule has 16 heavy (non-hydrogen) atoms. The molecule has 0 aliphatic carbocycles. The van der Waals surface area contributed by atoms with E-state index in [9.17, 15) is 0 Å². The number of halogens is 2. The van der Waals surface area contributed by atoms with Crippen molar-refractivity contribution < 1.29 is 0 Å². The summed E-state index contributed by atoms with van der Waals surface area (Å²) < 4.78 is 0. The molecule has 0 saturated heterocycles. The lowest BCUT2D eigenvalue weighted by molar-refractivity contribution is 1.43. The summed E-state index contributed by atoms with van der Waals surface area (Å²) >= 11 is 6.21. The van der Waals surface area contributed by atoms with Gasteiger partial charge in [-0.1, -0.05) is 41.9 Å². The van der Waals surface area contributed by atoms with E-state index in [2.05, 4.69) is 11.1 Å². The molecule has 3 aromatic rings. The van der Waals surface area contributed by atoms with Crippen LogP contribution < -0.4 is 0 Å². The zero-order valence-electron chi connectivity index (χ0n) is 8.35. The Kier molecular flexibility index (Phi) is 2.99. The number of hydrogen-bond acceptors (Lipinski definition) is 1. The second-order valence-corrected chi connectivity index (χ2v) is 3.89. The number of benzene rings is 2. The van der Waals surface area contributed by atoms with Crippen LogP contribution in [-0.2, 0) is 0 Å². The molecular weight excluding hydrogens is 241 g/mol. The monoisotopic (exact) mass is 249 g/mol. The maximum absolute atomic E-state index is 6.21. The fourth-order valence-corrected chi connectivity index (χ4v) is 2.15. The maximum atomic E-state index is 6.21. The van der Waals surface area contributed by atoms with Crippen LogP contribution >= 0.6 is 24.0 Å². The van der Waals surface area contributed by atoms with Crippen molar-refractivity contribution in [1.29, 1.82) is 0 Å². The SMILES string of the molecule is Cl.Clc1cc2cccnc2c2ccccc12. The van der Waals surface area contributed by atoms with Gasteiger partial charge in [0.25, 0.3) is 0 Å². The number of rotatable bonds is 0. The van der Waals surface area contributed by atoms with Gasteiger partial charge in [-0.2, -0.15) is 0 Å². The summed E-state index contributed by atoms with van der Waals surface area (Å²) in [6.07, 6.45) is 1.81. The van der Waals surface area contributed by atoms with Gasteiger partial charge in [0.1, 0.15) is 0 Å². The van der Waals surface area contributed by atoms with Gasteiger partial charge in [0, 0.05) is 27.4 Å². The molecule has 2 aromatic carbocycles. The van der Waals surface area contributed by atoms with Crippen molar-refractivity contribution in [2.24, 2.45) is 0 Å². The van der Waals surface area contributed by atoms with Crippen LogP contribution in [0, 0.1) is 0 Å². The van der Waals surface area contributed by atoms with E-state index >= 15 is 0 Å². The molecule has 0 N–H and O–H groups in total. The van der Waals surface area contributed by atoms with Crippen LogP contribution in [0.5, 0.6) is 0 Å². The Morgan fingerprint density at radius 2 is 1.69 bits per heavy atom. The Balaban J connectivity index is 0.000000963.